The highest BCUT2D eigenvalue weighted by molar-refractivity contribution is 8.00. The van der Waals surface area contributed by atoms with Crippen molar-refractivity contribution in [1.82, 2.24) is 5.32 Å². The summed E-state index contributed by atoms with van der Waals surface area (Å²) in [5.74, 6) is 0.574. The molecule has 0 radical (unpaired) electrons. The lowest BCUT2D eigenvalue weighted by atomic mass is 10.2. The molecule has 0 unspecified atom stereocenters. The molecule has 0 aromatic heterocycles. The molecule has 2 N–H and O–H groups in total. The highest BCUT2D eigenvalue weighted by Crippen LogP contribution is 2.14. The van der Waals surface area contributed by atoms with Gasteiger partial charge >= 0.3 is 0 Å². The number of sulfone groups is 1. The van der Waals surface area contributed by atoms with Gasteiger partial charge in [-0.25, -0.2) is 8.42 Å². The third kappa shape index (κ3) is 4.31. The standard InChI is InChI=1S/C9H17NO4S2/c1-7(15-4-3-11)9(12)10-8-2-5-16(13,14)6-8/h7-8,11H,2-6H2,1H3,(H,10,12)/t7-,8+/m1/s1. The first kappa shape index (κ1) is 13.8. The number of hydrogen-bond donors (Lipinski definition) is 2. The van der Waals surface area contributed by atoms with Crippen LogP contribution in [0, 0.1) is 0 Å². The number of nitrogens with one attached hydrogen (secondary N) is 1. The van der Waals surface area contributed by atoms with Gasteiger partial charge in [0.1, 0.15) is 0 Å². The summed E-state index contributed by atoms with van der Waals surface area (Å²) in [6.07, 6.45) is 0.505. The Bertz CT molecular complexity index is 341. The summed E-state index contributed by atoms with van der Waals surface area (Å²) in [6.45, 7) is 1.79. The summed E-state index contributed by atoms with van der Waals surface area (Å²) < 4.78 is 22.3. The van der Waals surface area contributed by atoms with E-state index in [-0.39, 0.29) is 35.3 Å². The third-order valence-corrected chi connectivity index (χ3v) is 5.31. The Balaban J connectivity index is 2.35. The Labute approximate surface area is 99.9 Å². The second-order valence-corrected chi connectivity index (χ2v) is 7.52. The minimum absolute atomic E-state index is 0.0418. The molecule has 1 heterocycles. The monoisotopic (exact) mass is 267 g/mol. The van der Waals surface area contributed by atoms with Gasteiger partial charge in [0.25, 0.3) is 0 Å². The molecule has 16 heavy (non-hydrogen) atoms. The van der Waals surface area contributed by atoms with E-state index in [0.717, 1.165) is 0 Å². The molecule has 5 nitrogen and oxygen atoms in total. The van der Waals surface area contributed by atoms with E-state index in [4.69, 9.17) is 5.11 Å². The van der Waals surface area contributed by atoms with Crippen molar-refractivity contribution in [2.45, 2.75) is 24.6 Å². The van der Waals surface area contributed by atoms with Crippen molar-refractivity contribution >= 4 is 27.5 Å². The highest BCUT2D eigenvalue weighted by atomic mass is 32.2. The molecule has 1 fully saturated rings. The first-order valence-electron chi connectivity index (χ1n) is 5.18. The quantitative estimate of drug-likeness (QED) is 0.695. The molecule has 1 saturated heterocycles. The van der Waals surface area contributed by atoms with Gasteiger partial charge in [-0.3, -0.25) is 4.79 Å². The Kier molecular flexibility index (Phi) is 5.07. The lowest BCUT2D eigenvalue weighted by Crippen LogP contribution is -2.40. The normalized spacial score (nSPS) is 25.2. The van der Waals surface area contributed by atoms with Gasteiger partial charge in [0, 0.05) is 11.8 Å². The number of hydrogen-bond acceptors (Lipinski definition) is 5. The topological polar surface area (TPSA) is 83.5 Å². The van der Waals surface area contributed by atoms with Crippen molar-refractivity contribution in [2.24, 2.45) is 0 Å². The van der Waals surface area contributed by atoms with Crippen molar-refractivity contribution in [1.29, 1.82) is 0 Å². The number of thioether (sulfide) groups is 1. The fourth-order valence-corrected chi connectivity index (χ4v) is 3.88. The van der Waals surface area contributed by atoms with E-state index in [1.807, 2.05) is 0 Å². The summed E-state index contributed by atoms with van der Waals surface area (Å²) >= 11 is 1.36. The number of carbonyl (C=O) groups excluding carboxylic acids is 1. The van der Waals surface area contributed by atoms with Crippen LogP contribution in [0.1, 0.15) is 13.3 Å². The van der Waals surface area contributed by atoms with Crippen LogP contribution < -0.4 is 5.32 Å². The summed E-state index contributed by atoms with van der Waals surface area (Å²) in [4.78, 5) is 11.6. The Morgan fingerprint density at radius 3 is 2.81 bits per heavy atom. The average Bonchev–Trinajstić information content (AvgIpc) is 2.54. The molecule has 1 aliphatic rings. The van der Waals surface area contributed by atoms with Crippen molar-refractivity contribution in [3.63, 3.8) is 0 Å². The zero-order valence-electron chi connectivity index (χ0n) is 9.18. The SMILES string of the molecule is C[C@@H](SCCO)C(=O)N[C@H]1CCS(=O)(=O)C1. The molecule has 1 rings (SSSR count). The lowest BCUT2D eigenvalue weighted by molar-refractivity contribution is -0.120. The summed E-state index contributed by atoms with van der Waals surface area (Å²) in [7, 11) is -2.95. The summed E-state index contributed by atoms with van der Waals surface area (Å²) in [6, 6.07) is -0.241. The van der Waals surface area contributed by atoms with Crippen LogP contribution in [-0.4, -0.2) is 54.6 Å². The number of carbonyl (C=O) groups is 1. The average molecular weight is 267 g/mol. The maximum atomic E-state index is 11.6. The van der Waals surface area contributed by atoms with Gasteiger partial charge < -0.3 is 10.4 Å². The number of aliphatic hydroxyl groups excluding tert-OH is 1. The maximum Gasteiger partial charge on any atom is 0.233 e. The minimum Gasteiger partial charge on any atom is -0.396 e. The van der Waals surface area contributed by atoms with Gasteiger partial charge in [-0.1, -0.05) is 0 Å². The summed E-state index contributed by atoms with van der Waals surface area (Å²) in [5.41, 5.74) is 0. The van der Waals surface area contributed by atoms with Crippen LogP contribution in [-0.2, 0) is 14.6 Å². The zero-order valence-corrected chi connectivity index (χ0v) is 10.8. The van der Waals surface area contributed by atoms with Crippen LogP contribution in [0.5, 0.6) is 0 Å². The van der Waals surface area contributed by atoms with Crippen molar-refractivity contribution < 1.29 is 18.3 Å². The van der Waals surface area contributed by atoms with Gasteiger partial charge in [-0.15, -0.1) is 11.8 Å². The van der Waals surface area contributed by atoms with E-state index in [0.29, 0.717) is 12.2 Å². The molecule has 7 heteroatoms. The van der Waals surface area contributed by atoms with E-state index >= 15 is 0 Å². The van der Waals surface area contributed by atoms with Crippen molar-refractivity contribution in [2.75, 3.05) is 23.9 Å². The van der Waals surface area contributed by atoms with Crippen LogP contribution in [0.3, 0.4) is 0 Å². The largest absolute Gasteiger partial charge is 0.396 e. The Morgan fingerprint density at radius 1 is 1.62 bits per heavy atom. The maximum absolute atomic E-state index is 11.6. The predicted molar refractivity (Wildman–Crippen MR) is 64.2 cm³/mol. The molecular weight excluding hydrogens is 250 g/mol. The molecule has 0 aromatic carbocycles. The third-order valence-electron chi connectivity index (χ3n) is 2.41. The van der Waals surface area contributed by atoms with E-state index in [1.54, 1.807) is 6.92 Å². The van der Waals surface area contributed by atoms with E-state index in [2.05, 4.69) is 5.32 Å². The number of amides is 1. The van der Waals surface area contributed by atoms with Gasteiger partial charge in [0.05, 0.1) is 23.4 Å². The number of aliphatic hydroxyl groups is 1. The minimum atomic E-state index is -2.95. The fraction of sp³-hybridized carbons (Fsp3) is 0.889. The molecule has 0 saturated carbocycles. The molecule has 1 amide bonds. The van der Waals surface area contributed by atoms with Crippen LogP contribution in [0.15, 0.2) is 0 Å². The zero-order chi connectivity index (χ0) is 12.2. The van der Waals surface area contributed by atoms with Crippen LogP contribution in [0.4, 0.5) is 0 Å². The molecular formula is C9H17NO4S2. The van der Waals surface area contributed by atoms with Gasteiger partial charge in [-0.2, -0.15) is 0 Å². The molecule has 0 aromatic rings. The van der Waals surface area contributed by atoms with Crippen LogP contribution in [0.2, 0.25) is 0 Å². The van der Waals surface area contributed by atoms with Crippen molar-refractivity contribution in [3.05, 3.63) is 0 Å². The highest BCUT2D eigenvalue weighted by Gasteiger charge is 2.29. The van der Waals surface area contributed by atoms with Gasteiger partial charge in [-0.05, 0) is 13.3 Å². The Hall–Kier alpha value is -0.270. The first-order chi connectivity index (χ1) is 7.44. The molecule has 94 valence electrons. The second-order valence-electron chi connectivity index (χ2n) is 3.85. The molecule has 0 bridgehead atoms. The summed E-state index contributed by atoms with van der Waals surface area (Å²) in [5, 5.41) is 11.1. The smallest absolute Gasteiger partial charge is 0.233 e. The van der Waals surface area contributed by atoms with Gasteiger partial charge in [0.2, 0.25) is 5.91 Å². The van der Waals surface area contributed by atoms with E-state index in [9.17, 15) is 13.2 Å². The lowest BCUT2D eigenvalue weighted by Gasteiger charge is -2.15. The van der Waals surface area contributed by atoms with Crippen molar-refractivity contribution in [3.8, 4) is 0 Å². The predicted octanol–water partition coefficient (Wildman–Crippen LogP) is -0.596. The Morgan fingerprint density at radius 2 is 2.31 bits per heavy atom. The number of rotatable bonds is 5. The molecule has 0 spiro atoms. The first-order valence-corrected chi connectivity index (χ1v) is 8.05. The van der Waals surface area contributed by atoms with E-state index in [1.165, 1.54) is 11.8 Å². The molecule has 1 aliphatic heterocycles. The second kappa shape index (κ2) is 5.88. The molecule has 0 aliphatic carbocycles. The fourth-order valence-electron chi connectivity index (χ4n) is 1.53. The van der Waals surface area contributed by atoms with E-state index < -0.39 is 9.84 Å². The van der Waals surface area contributed by atoms with Crippen LogP contribution >= 0.6 is 11.8 Å². The molecule has 2 atom stereocenters. The van der Waals surface area contributed by atoms with Gasteiger partial charge in [0.15, 0.2) is 9.84 Å². The van der Waals surface area contributed by atoms with Crippen LogP contribution in [0.25, 0.3) is 0 Å².